The van der Waals surface area contributed by atoms with Crippen molar-refractivity contribution in [3.63, 3.8) is 0 Å². The first-order valence-electron chi connectivity index (χ1n) is 5.71. The van der Waals surface area contributed by atoms with Crippen LogP contribution < -0.4 is 0 Å². The van der Waals surface area contributed by atoms with Gasteiger partial charge < -0.3 is 19.8 Å². The van der Waals surface area contributed by atoms with Crippen LogP contribution in [0.1, 0.15) is 20.7 Å². The number of likely N-dealkylation sites (N-methyl/N-ethyl adjacent to an activating group) is 1. The van der Waals surface area contributed by atoms with E-state index in [2.05, 4.69) is 0 Å². The van der Waals surface area contributed by atoms with Crippen LogP contribution in [0.3, 0.4) is 0 Å². The number of ether oxygens (including phenoxy) is 1. The fourth-order valence-electron chi connectivity index (χ4n) is 1.65. The molecule has 6 nitrogen and oxygen atoms in total. The average Bonchev–Trinajstić information content (AvgIpc) is 2.38. The number of methoxy groups -OCH3 is 1. The van der Waals surface area contributed by atoms with E-state index in [1.54, 1.807) is 0 Å². The van der Waals surface area contributed by atoms with Crippen LogP contribution in [-0.2, 0) is 4.74 Å². The molecular formula is C13H17NO5. The second-order valence-electron chi connectivity index (χ2n) is 4.18. The number of nitrogens with zero attached hydrogens (tertiary/aromatic N) is 1. The molecule has 0 aliphatic carbocycles. The zero-order valence-electron chi connectivity index (χ0n) is 10.9. The molecule has 0 aliphatic heterocycles. The Labute approximate surface area is 111 Å². The molecule has 0 saturated heterocycles. The van der Waals surface area contributed by atoms with Crippen molar-refractivity contribution in [1.82, 2.24) is 4.90 Å². The maximum absolute atomic E-state index is 12.0. The number of aliphatic hydroxyl groups excluding tert-OH is 1. The fourth-order valence-corrected chi connectivity index (χ4v) is 1.65. The molecule has 0 aromatic heterocycles. The number of carbonyl (C=O) groups is 2. The zero-order chi connectivity index (χ0) is 14.4. The smallest absolute Gasteiger partial charge is 0.335 e. The lowest BCUT2D eigenvalue weighted by atomic mass is 10.1. The number of carbonyl (C=O) groups excluding carboxylic acids is 1. The van der Waals surface area contributed by atoms with Crippen LogP contribution >= 0.6 is 0 Å². The minimum Gasteiger partial charge on any atom is -0.478 e. The number of carboxylic acids is 1. The largest absolute Gasteiger partial charge is 0.478 e. The molecule has 0 aliphatic rings. The summed E-state index contributed by atoms with van der Waals surface area (Å²) in [6.45, 7) is 0.247. The van der Waals surface area contributed by atoms with Crippen LogP contribution in [0.5, 0.6) is 0 Å². The van der Waals surface area contributed by atoms with Crippen molar-refractivity contribution in [3.05, 3.63) is 35.4 Å². The molecule has 2 N–H and O–H groups in total. The monoisotopic (exact) mass is 267 g/mol. The Kier molecular flexibility index (Phi) is 5.47. The summed E-state index contributed by atoms with van der Waals surface area (Å²) in [4.78, 5) is 24.2. The van der Waals surface area contributed by atoms with E-state index in [0.717, 1.165) is 0 Å². The van der Waals surface area contributed by atoms with Crippen LogP contribution in [0.25, 0.3) is 0 Å². The number of benzene rings is 1. The van der Waals surface area contributed by atoms with Gasteiger partial charge in [-0.15, -0.1) is 0 Å². The van der Waals surface area contributed by atoms with Gasteiger partial charge >= 0.3 is 5.97 Å². The van der Waals surface area contributed by atoms with Crippen molar-refractivity contribution in [2.24, 2.45) is 0 Å². The van der Waals surface area contributed by atoms with Gasteiger partial charge in [0.1, 0.15) is 0 Å². The highest BCUT2D eigenvalue weighted by molar-refractivity contribution is 5.97. The van der Waals surface area contributed by atoms with Crippen molar-refractivity contribution in [2.75, 3.05) is 27.3 Å². The van der Waals surface area contributed by atoms with Crippen molar-refractivity contribution in [1.29, 1.82) is 0 Å². The first kappa shape index (κ1) is 15.1. The van der Waals surface area contributed by atoms with Gasteiger partial charge in [0.25, 0.3) is 5.91 Å². The SMILES string of the molecule is COCC(O)CN(C)C(=O)c1cccc(C(=O)O)c1. The molecule has 0 fully saturated rings. The Hall–Kier alpha value is -1.92. The van der Waals surface area contributed by atoms with Gasteiger partial charge in [-0.25, -0.2) is 4.79 Å². The Morgan fingerprint density at radius 3 is 2.58 bits per heavy atom. The molecule has 0 spiro atoms. The van der Waals surface area contributed by atoms with Crippen molar-refractivity contribution in [3.8, 4) is 0 Å². The predicted molar refractivity (Wildman–Crippen MR) is 68.2 cm³/mol. The molecule has 1 unspecified atom stereocenters. The number of aromatic carboxylic acids is 1. The van der Waals surface area contributed by atoms with Crippen LogP contribution in [0.2, 0.25) is 0 Å². The van der Waals surface area contributed by atoms with Crippen molar-refractivity contribution in [2.45, 2.75) is 6.10 Å². The van der Waals surface area contributed by atoms with E-state index in [1.807, 2.05) is 0 Å². The lowest BCUT2D eigenvalue weighted by molar-refractivity contribution is 0.0380. The molecule has 0 saturated carbocycles. The van der Waals surface area contributed by atoms with E-state index in [4.69, 9.17) is 9.84 Å². The summed E-state index contributed by atoms with van der Waals surface area (Å²) in [5.41, 5.74) is 0.323. The Morgan fingerprint density at radius 2 is 2.00 bits per heavy atom. The Morgan fingerprint density at radius 1 is 1.37 bits per heavy atom. The summed E-state index contributed by atoms with van der Waals surface area (Å²) >= 11 is 0. The highest BCUT2D eigenvalue weighted by Crippen LogP contribution is 2.08. The van der Waals surface area contributed by atoms with Gasteiger partial charge in [0, 0.05) is 26.3 Å². The standard InChI is InChI=1S/C13H17NO5/c1-14(7-11(15)8-19-2)12(16)9-4-3-5-10(6-9)13(17)18/h3-6,11,15H,7-8H2,1-2H3,(H,17,18). The number of hydrogen-bond donors (Lipinski definition) is 2. The maximum atomic E-state index is 12.0. The molecule has 0 bridgehead atoms. The van der Waals surface area contributed by atoms with Crippen LogP contribution in [0.4, 0.5) is 0 Å². The van der Waals surface area contributed by atoms with Gasteiger partial charge in [0.2, 0.25) is 0 Å². The van der Waals surface area contributed by atoms with Gasteiger partial charge in [-0.2, -0.15) is 0 Å². The van der Waals surface area contributed by atoms with Gasteiger partial charge in [-0.05, 0) is 18.2 Å². The fraction of sp³-hybridized carbons (Fsp3) is 0.385. The third-order valence-electron chi connectivity index (χ3n) is 2.55. The lowest BCUT2D eigenvalue weighted by Crippen LogP contribution is -2.36. The summed E-state index contributed by atoms with van der Waals surface area (Å²) in [5.74, 6) is -1.44. The van der Waals surface area contributed by atoms with E-state index < -0.39 is 12.1 Å². The van der Waals surface area contributed by atoms with E-state index in [0.29, 0.717) is 0 Å². The van der Waals surface area contributed by atoms with E-state index in [-0.39, 0.29) is 30.2 Å². The minimum absolute atomic E-state index is 0.0525. The third kappa shape index (κ3) is 4.35. The van der Waals surface area contributed by atoms with Crippen molar-refractivity contribution >= 4 is 11.9 Å². The summed E-state index contributed by atoms with van der Waals surface area (Å²) in [7, 11) is 3.00. The molecule has 1 atom stereocenters. The highest BCUT2D eigenvalue weighted by Gasteiger charge is 2.16. The van der Waals surface area contributed by atoms with Gasteiger partial charge in [-0.3, -0.25) is 4.79 Å². The quantitative estimate of drug-likeness (QED) is 0.782. The predicted octanol–water partition coefficient (Wildman–Crippen LogP) is 0.464. The lowest BCUT2D eigenvalue weighted by Gasteiger charge is -2.20. The highest BCUT2D eigenvalue weighted by atomic mass is 16.5. The molecule has 0 radical (unpaired) electrons. The Bertz CT molecular complexity index is 460. The van der Waals surface area contributed by atoms with E-state index >= 15 is 0 Å². The number of aliphatic hydroxyl groups is 1. The second kappa shape index (κ2) is 6.86. The molecular weight excluding hydrogens is 250 g/mol. The van der Waals surface area contributed by atoms with Crippen LogP contribution in [0.15, 0.2) is 24.3 Å². The topological polar surface area (TPSA) is 87.1 Å². The average molecular weight is 267 g/mol. The molecule has 104 valence electrons. The van der Waals surface area contributed by atoms with Crippen molar-refractivity contribution < 1.29 is 24.5 Å². The summed E-state index contributed by atoms with van der Waals surface area (Å²) in [6.07, 6.45) is -0.776. The van der Waals surface area contributed by atoms with Crippen LogP contribution in [0, 0.1) is 0 Å². The summed E-state index contributed by atoms with van der Waals surface area (Å²) in [5, 5.41) is 18.4. The molecule has 1 aromatic carbocycles. The van der Waals surface area contributed by atoms with Crippen LogP contribution in [-0.4, -0.2) is 60.4 Å². The first-order chi connectivity index (χ1) is 8.95. The molecule has 6 heteroatoms. The molecule has 0 heterocycles. The summed E-state index contributed by atoms with van der Waals surface area (Å²) in [6, 6.07) is 5.77. The third-order valence-corrected chi connectivity index (χ3v) is 2.55. The summed E-state index contributed by atoms with van der Waals surface area (Å²) < 4.78 is 4.77. The number of hydrogen-bond acceptors (Lipinski definition) is 4. The number of amides is 1. The first-order valence-corrected chi connectivity index (χ1v) is 5.71. The Balaban J connectivity index is 2.76. The van der Waals surface area contributed by atoms with Gasteiger partial charge in [0.05, 0.1) is 18.3 Å². The second-order valence-corrected chi connectivity index (χ2v) is 4.18. The zero-order valence-corrected chi connectivity index (χ0v) is 10.9. The van der Waals surface area contributed by atoms with Gasteiger partial charge in [-0.1, -0.05) is 6.07 Å². The van der Waals surface area contributed by atoms with E-state index in [1.165, 1.54) is 43.3 Å². The van der Waals surface area contributed by atoms with E-state index in [9.17, 15) is 14.7 Å². The number of rotatable bonds is 6. The normalized spacial score (nSPS) is 11.9. The molecule has 1 rings (SSSR count). The molecule has 1 aromatic rings. The minimum atomic E-state index is -1.09. The molecule has 1 amide bonds. The maximum Gasteiger partial charge on any atom is 0.335 e. The van der Waals surface area contributed by atoms with Gasteiger partial charge in [0.15, 0.2) is 0 Å². The number of carboxylic acid groups (broad SMARTS) is 1. The molecule has 19 heavy (non-hydrogen) atoms.